The average Bonchev–Trinajstić information content (AvgIpc) is 4.01. The topological polar surface area (TPSA) is 206 Å². The molecule has 270 valence electrons. The molecule has 2 aromatic rings. The van der Waals surface area contributed by atoms with Gasteiger partial charge >= 0.3 is 6.09 Å². The van der Waals surface area contributed by atoms with E-state index in [9.17, 15) is 32.7 Å². The Morgan fingerprint density at radius 2 is 1.94 bits per heavy atom. The summed E-state index contributed by atoms with van der Waals surface area (Å²) in [4.78, 5) is 64.3. The zero-order chi connectivity index (χ0) is 35.8. The molecule has 3 heterocycles. The molecule has 16 heteroatoms. The summed E-state index contributed by atoms with van der Waals surface area (Å²) in [6, 6.07) is 2.90. The molecule has 2 aliphatic heterocycles. The van der Waals surface area contributed by atoms with Crippen LogP contribution in [-0.2, 0) is 24.4 Å². The van der Waals surface area contributed by atoms with Crippen molar-refractivity contribution in [2.24, 2.45) is 17.8 Å². The van der Waals surface area contributed by atoms with Gasteiger partial charge in [0.2, 0.25) is 27.7 Å². The molecule has 7 atom stereocenters. The number of fused-ring (bicyclic) bond motifs is 3. The molecule has 15 nitrogen and oxygen atoms in total. The SMILES string of the molecule is CC[C@@H]1C[C@H](C)CCC=C[C@@H]2C[C@@]2(C(=O)NS(=O)(=O)C2CC2)NC(=O)[C@@H]2C[C@@H](Oc3ncnc4cc(OC)ccc34)CN2C(=O)[C@H]1NC(=O)O. The van der Waals surface area contributed by atoms with Gasteiger partial charge in [-0.15, -0.1) is 0 Å². The normalized spacial score (nSPS) is 30.3. The second kappa shape index (κ2) is 14.0. The van der Waals surface area contributed by atoms with Crippen molar-refractivity contribution in [2.45, 2.75) is 94.2 Å². The van der Waals surface area contributed by atoms with Gasteiger partial charge in [0.1, 0.15) is 35.8 Å². The number of benzene rings is 1. The van der Waals surface area contributed by atoms with E-state index >= 15 is 0 Å². The van der Waals surface area contributed by atoms with Gasteiger partial charge in [-0.25, -0.2) is 23.2 Å². The minimum Gasteiger partial charge on any atom is -0.497 e. The molecular formula is C34H44N6O9S. The van der Waals surface area contributed by atoms with Gasteiger partial charge < -0.3 is 30.1 Å². The Morgan fingerprint density at radius 1 is 1.16 bits per heavy atom. The van der Waals surface area contributed by atoms with Crippen LogP contribution in [-0.4, -0.2) is 94.8 Å². The lowest BCUT2D eigenvalue weighted by Gasteiger charge is -2.33. The van der Waals surface area contributed by atoms with E-state index in [1.54, 1.807) is 18.2 Å². The Bertz CT molecular complexity index is 1800. The number of hydrogen-bond donors (Lipinski definition) is 4. The summed E-state index contributed by atoms with van der Waals surface area (Å²) in [6.07, 6.45) is 6.61. The molecule has 0 unspecified atom stereocenters. The number of amides is 4. The van der Waals surface area contributed by atoms with Crippen molar-refractivity contribution in [1.29, 1.82) is 0 Å². The average molecular weight is 713 g/mol. The molecule has 1 aromatic heterocycles. The van der Waals surface area contributed by atoms with Gasteiger partial charge in [-0.05, 0) is 62.5 Å². The van der Waals surface area contributed by atoms with Crippen LogP contribution in [0.2, 0.25) is 0 Å². The summed E-state index contributed by atoms with van der Waals surface area (Å²) in [5.74, 6) is -1.92. The van der Waals surface area contributed by atoms with Crippen LogP contribution in [0.4, 0.5) is 4.79 Å². The van der Waals surface area contributed by atoms with Crippen molar-refractivity contribution in [3.8, 4) is 11.6 Å². The first kappa shape index (κ1) is 35.4. The zero-order valence-electron chi connectivity index (χ0n) is 28.3. The Morgan fingerprint density at radius 3 is 2.64 bits per heavy atom. The molecule has 50 heavy (non-hydrogen) atoms. The largest absolute Gasteiger partial charge is 0.497 e. The van der Waals surface area contributed by atoms with Crippen molar-refractivity contribution < 1.29 is 42.2 Å². The molecule has 4 amide bonds. The maximum absolute atomic E-state index is 14.4. The summed E-state index contributed by atoms with van der Waals surface area (Å²) in [6.45, 7) is 3.88. The molecular weight excluding hydrogens is 668 g/mol. The van der Waals surface area contributed by atoms with Crippen LogP contribution in [0.1, 0.15) is 65.2 Å². The fourth-order valence-corrected chi connectivity index (χ4v) is 8.60. The van der Waals surface area contributed by atoms with Gasteiger partial charge in [0.05, 0.1) is 29.8 Å². The number of rotatable bonds is 8. The van der Waals surface area contributed by atoms with Crippen LogP contribution >= 0.6 is 0 Å². The number of hydrogen-bond acceptors (Lipinski definition) is 10. The third kappa shape index (κ3) is 7.35. The molecule has 6 rings (SSSR count). The highest BCUT2D eigenvalue weighted by atomic mass is 32.2. The van der Waals surface area contributed by atoms with E-state index in [-0.39, 0.29) is 37.1 Å². The molecule has 3 fully saturated rings. The second-order valence-electron chi connectivity index (χ2n) is 13.9. The minimum absolute atomic E-state index is 0.00475. The zero-order valence-corrected chi connectivity index (χ0v) is 29.1. The molecule has 0 bridgehead atoms. The van der Waals surface area contributed by atoms with Gasteiger partial charge in [0.15, 0.2) is 0 Å². The number of methoxy groups -OCH3 is 1. The van der Waals surface area contributed by atoms with Gasteiger partial charge in [0.25, 0.3) is 5.91 Å². The Balaban J connectivity index is 1.34. The lowest BCUT2D eigenvalue weighted by molar-refractivity contribution is -0.142. The Hall–Kier alpha value is -4.47. The summed E-state index contributed by atoms with van der Waals surface area (Å²) in [7, 11) is -2.36. The van der Waals surface area contributed by atoms with Gasteiger partial charge in [0, 0.05) is 18.4 Å². The third-order valence-electron chi connectivity index (χ3n) is 10.3. The maximum atomic E-state index is 14.4. The van der Waals surface area contributed by atoms with E-state index in [0.717, 1.165) is 6.42 Å². The molecule has 1 saturated heterocycles. The van der Waals surface area contributed by atoms with Crippen LogP contribution in [0.3, 0.4) is 0 Å². The first-order chi connectivity index (χ1) is 23.8. The van der Waals surface area contributed by atoms with Crippen molar-refractivity contribution >= 4 is 44.7 Å². The molecule has 2 saturated carbocycles. The highest BCUT2D eigenvalue weighted by Crippen LogP contribution is 2.46. The highest BCUT2D eigenvalue weighted by Gasteiger charge is 2.62. The number of allylic oxidation sites excluding steroid dienone is 1. The van der Waals surface area contributed by atoms with E-state index in [4.69, 9.17) is 9.47 Å². The molecule has 1 aromatic carbocycles. The molecule has 2 aliphatic carbocycles. The van der Waals surface area contributed by atoms with E-state index in [0.29, 0.717) is 48.8 Å². The fourth-order valence-electron chi connectivity index (χ4n) is 7.24. The number of aromatic nitrogens is 2. The predicted molar refractivity (Wildman–Crippen MR) is 181 cm³/mol. The van der Waals surface area contributed by atoms with E-state index in [1.165, 1.54) is 18.3 Å². The number of nitrogens with one attached hydrogen (secondary N) is 3. The van der Waals surface area contributed by atoms with Crippen LogP contribution in [0.25, 0.3) is 10.9 Å². The minimum atomic E-state index is -3.90. The van der Waals surface area contributed by atoms with Crippen LogP contribution in [0.5, 0.6) is 11.6 Å². The molecule has 0 spiro atoms. The van der Waals surface area contributed by atoms with Gasteiger partial charge in [-0.2, -0.15) is 0 Å². The van der Waals surface area contributed by atoms with Crippen molar-refractivity contribution in [1.82, 2.24) is 30.2 Å². The quantitative estimate of drug-likeness (QED) is 0.293. The number of nitrogens with zero attached hydrogens (tertiary/aromatic N) is 3. The standard InChI is InChI=1S/C34H44N6O9S/c1-4-20-13-19(2)7-5-6-8-21-16-34(21,32(43)39-50(46,47)24-10-11-24)38-29(41)27-15-23(17-40(27)31(42)28(20)37-33(44)45)49-30-25-12-9-22(48-3)14-26(25)35-18-36-30/h6,8-9,12,14,18-21,23-24,27-28,37H,4-5,7,10-11,13,15-17H2,1-3H3,(H,38,41)(H,39,43)(H,44,45)/t19-,20-,21-,23-,27+,28+,34-/m1/s1. The lowest BCUT2D eigenvalue weighted by atomic mass is 9.85. The van der Waals surface area contributed by atoms with Gasteiger partial charge in [-0.1, -0.05) is 32.4 Å². The predicted octanol–water partition coefficient (Wildman–Crippen LogP) is 2.51. The van der Waals surface area contributed by atoms with E-state index in [2.05, 4.69) is 25.3 Å². The van der Waals surface area contributed by atoms with Crippen LogP contribution in [0.15, 0.2) is 36.7 Å². The Labute approximate surface area is 290 Å². The lowest BCUT2D eigenvalue weighted by Crippen LogP contribution is -2.59. The van der Waals surface area contributed by atoms with E-state index in [1.807, 2.05) is 26.0 Å². The third-order valence-corrected chi connectivity index (χ3v) is 12.2. The first-order valence-electron chi connectivity index (χ1n) is 17.1. The number of sulfonamides is 1. The number of carbonyl (C=O) groups excluding carboxylic acids is 3. The van der Waals surface area contributed by atoms with Crippen LogP contribution < -0.4 is 24.8 Å². The summed E-state index contributed by atoms with van der Waals surface area (Å²) in [5.41, 5.74) is -0.967. The van der Waals surface area contributed by atoms with Crippen molar-refractivity contribution in [2.75, 3.05) is 13.7 Å². The fraction of sp³-hybridized carbons (Fsp3) is 0.588. The summed E-state index contributed by atoms with van der Waals surface area (Å²) < 4.78 is 39.4. The molecule has 0 radical (unpaired) electrons. The maximum Gasteiger partial charge on any atom is 0.405 e. The van der Waals surface area contributed by atoms with Gasteiger partial charge in [-0.3, -0.25) is 19.1 Å². The van der Waals surface area contributed by atoms with Crippen molar-refractivity contribution in [3.63, 3.8) is 0 Å². The number of ether oxygens (including phenoxy) is 2. The smallest absolute Gasteiger partial charge is 0.405 e. The van der Waals surface area contributed by atoms with E-state index < -0.39 is 68.7 Å². The second-order valence-corrected chi connectivity index (χ2v) is 15.9. The van der Waals surface area contributed by atoms with Crippen molar-refractivity contribution in [3.05, 3.63) is 36.7 Å². The number of carbonyl (C=O) groups is 4. The van der Waals surface area contributed by atoms with Crippen LogP contribution in [0, 0.1) is 17.8 Å². The first-order valence-corrected chi connectivity index (χ1v) is 18.7. The summed E-state index contributed by atoms with van der Waals surface area (Å²) in [5, 5.41) is 15.0. The molecule has 4 N–H and O–H groups in total. The monoisotopic (exact) mass is 712 g/mol. The Kier molecular flexibility index (Phi) is 9.93. The highest BCUT2D eigenvalue weighted by molar-refractivity contribution is 7.91. The summed E-state index contributed by atoms with van der Waals surface area (Å²) >= 11 is 0. The number of carboxylic acid groups (broad SMARTS) is 1. The molecule has 4 aliphatic rings.